The fourth-order valence-electron chi connectivity index (χ4n) is 1.39. The monoisotopic (exact) mass is 288 g/mol. The molecule has 118 valence electrons. The van der Waals surface area contributed by atoms with E-state index in [9.17, 15) is 9.59 Å². The Morgan fingerprint density at radius 3 is 2.25 bits per heavy atom. The van der Waals surface area contributed by atoms with Crippen molar-refractivity contribution >= 4 is 11.8 Å². The second-order valence-electron chi connectivity index (χ2n) is 5.26. The van der Waals surface area contributed by atoms with E-state index < -0.39 is 0 Å². The minimum atomic E-state index is -0.205. The van der Waals surface area contributed by atoms with Gasteiger partial charge in [-0.25, -0.2) is 0 Å². The summed E-state index contributed by atoms with van der Waals surface area (Å²) in [5.41, 5.74) is 0. The maximum Gasteiger partial charge on any atom is 0.239 e. The molecule has 0 heterocycles. The molecule has 0 fully saturated rings. The second-order valence-corrected chi connectivity index (χ2v) is 5.26. The van der Waals surface area contributed by atoms with Gasteiger partial charge in [-0.1, -0.05) is 13.8 Å². The van der Waals surface area contributed by atoms with Crippen molar-refractivity contribution in [2.45, 2.75) is 40.2 Å². The Labute approximate surface area is 121 Å². The lowest BCUT2D eigenvalue weighted by atomic mass is 10.1. The van der Waals surface area contributed by atoms with Crippen molar-refractivity contribution in [1.29, 1.82) is 0 Å². The summed E-state index contributed by atoms with van der Waals surface area (Å²) < 4.78 is 10.6. The minimum absolute atomic E-state index is 0.0159. The fraction of sp³-hybridized carbons (Fsp3) is 0.857. The maximum absolute atomic E-state index is 11.4. The molecule has 0 aromatic rings. The summed E-state index contributed by atoms with van der Waals surface area (Å²) in [6.45, 7) is 9.80. The topological polar surface area (TPSA) is 76.7 Å². The average Bonchev–Trinajstić information content (AvgIpc) is 2.34. The van der Waals surface area contributed by atoms with E-state index in [1.165, 1.54) is 0 Å². The van der Waals surface area contributed by atoms with Crippen LogP contribution in [0.3, 0.4) is 0 Å². The molecule has 2 N–H and O–H groups in total. The molecule has 0 unspecified atom stereocenters. The molecule has 6 nitrogen and oxygen atoms in total. The van der Waals surface area contributed by atoms with E-state index >= 15 is 0 Å². The molecular formula is C14H28N2O4. The Kier molecular flexibility index (Phi) is 11.0. The van der Waals surface area contributed by atoms with Crippen LogP contribution in [0.25, 0.3) is 0 Å². The first-order chi connectivity index (χ1) is 9.41. The second kappa shape index (κ2) is 11.7. The summed E-state index contributed by atoms with van der Waals surface area (Å²) in [4.78, 5) is 22.7. The molecule has 0 aliphatic rings. The highest BCUT2D eigenvalue weighted by atomic mass is 16.5. The SMILES string of the molecule is CC(C)CC(=O)NCC(=O)NCCOCCOC(C)C. The summed E-state index contributed by atoms with van der Waals surface area (Å²) in [7, 11) is 0. The standard InChI is InChI=1S/C14H28N2O4/c1-11(2)9-13(17)16-10-14(18)15-5-6-19-7-8-20-12(3)4/h11-12H,5-10H2,1-4H3,(H,15,18)(H,16,17). The number of amides is 2. The number of nitrogens with one attached hydrogen (secondary N) is 2. The van der Waals surface area contributed by atoms with Crippen molar-refractivity contribution in [3.8, 4) is 0 Å². The molecule has 0 radical (unpaired) electrons. The third-order valence-electron chi connectivity index (χ3n) is 2.29. The highest BCUT2D eigenvalue weighted by molar-refractivity contribution is 5.84. The Morgan fingerprint density at radius 1 is 0.950 bits per heavy atom. The number of ether oxygens (including phenoxy) is 2. The van der Waals surface area contributed by atoms with Crippen LogP contribution >= 0.6 is 0 Å². The Morgan fingerprint density at radius 2 is 1.65 bits per heavy atom. The fourth-order valence-corrected chi connectivity index (χ4v) is 1.39. The molecule has 20 heavy (non-hydrogen) atoms. The van der Waals surface area contributed by atoms with Crippen molar-refractivity contribution in [2.75, 3.05) is 32.9 Å². The van der Waals surface area contributed by atoms with Gasteiger partial charge in [0, 0.05) is 13.0 Å². The van der Waals surface area contributed by atoms with Gasteiger partial charge in [0.05, 0.1) is 32.5 Å². The molecule has 0 saturated heterocycles. The number of carbonyl (C=O) groups is 2. The summed E-state index contributed by atoms with van der Waals surface area (Å²) in [5.74, 6) is -0.0131. The molecule has 0 aromatic heterocycles. The zero-order valence-electron chi connectivity index (χ0n) is 13.0. The van der Waals surface area contributed by atoms with Crippen LogP contribution in [0.4, 0.5) is 0 Å². The van der Waals surface area contributed by atoms with Crippen molar-refractivity contribution in [3.05, 3.63) is 0 Å². The predicted octanol–water partition coefficient (Wildman–Crippen LogP) is 0.707. The molecule has 0 aliphatic heterocycles. The highest BCUT2D eigenvalue weighted by Gasteiger charge is 2.06. The molecule has 0 bridgehead atoms. The summed E-state index contributed by atoms with van der Waals surface area (Å²) >= 11 is 0. The normalized spacial score (nSPS) is 10.9. The van der Waals surface area contributed by atoms with Crippen molar-refractivity contribution in [1.82, 2.24) is 10.6 Å². The maximum atomic E-state index is 11.4. The van der Waals surface area contributed by atoms with Crippen molar-refractivity contribution in [3.63, 3.8) is 0 Å². The third kappa shape index (κ3) is 13.3. The van der Waals surface area contributed by atoms with E-state index in [0.29, 0.717) is 38.7 Å². The van der Waals surface area contributed by atoms with E-state index in [1.54, 1.807) is 0 Å². The zero-order chi connectivity index (χ0) is 15.4. The zero-order valence-corrected chi connectivity index (χ0v) is 13.0. The number of hydrogen-bond acceptors (Lipinski definition) is 4. The van der Waals surface area contributed by atoms with E-state index in [-0.39, 0.29) is 24.5 Å². The van der Waals surface area contributed by atoms with Gasteiger partial charge < -0.3 is 20.1 Å². The van der Waals surface area contributed by atoms with E-state index in [0.717, 1.165) is 0 Å². The van der Waals surface area contributed by atoms with Crippen LogP contribution in [0.5, 0.6) is 0 Å². The first-order valence-electron chi connectivity index (χ1n) is 7.14. The van der Waals surface area contributed by atoms with Gasteiger partial charge in [0.25, 0.3) is 0 Å². The van der Waals surface area contributed by atoms with Crippen LogP contribution < -0.4 is 10.6 Å². The van der Waals surface area contributed by atoms with Gasteiger partial charge >= 0.3 is 0 Å². The quantitative estimate of drug-likeness (QED) is 0.549. The Balaban J connectivity index is 3.39. The van der Waals surface area contributed by atoms with E-state index in [4.69, 9.17) is 9.47 Å². The summed E-state index contributed by atoms with van der Waals surface area (Å²) in [6.07, 6.45) is 0.638. The molecule has 2 amide bonds. The largest absolute Gasteiger partial charge is 0.377 e. The van der Waals surface area contributed by atoms with Crippen LogP contribution in [0.1, 0.15) is 34.1 Å². The average molecular weight is 288 g/mol. The van der Waals surface area contributed by atoms with Gasteiger partial charge in [-0.15, -0.1) is 0 Å². The third-order valence-corrected chi connectivity index (χ3v) is 2.29. The molecule has 0 rings (SSSR count). The molecule has 0 aliphatic carbocycles. The molecule has 0 spiro atoms. The van der Waals surface area contributed by atoms with Crippen molar-refractivity contribution < 1.29 is 19.1 Å². The van der Waals surface area contributed by atoms with Crippen LogP contribution in [-0.4, -0.2) is 50.8 Å². The minimum Gasteiger partial charge on any atom is -0.377 e. The smallest absolute Gasteiger partial charge is 0.239 e. The van der Waals surface area contributed by atoms with Gasteiger partial charge in [-0.3, -0.25) is 9.59 Å². The Hall–Kier alpha value is -1.14. The summed E-state index contributed by atoms with van der Waals surface area (Å²) in [6, 6.07) is 0. The van der Waals surface area contributed by atoms with Gasteiger partial charge in [0.2, 0.25) is 11.8 Å². The molecular weight excluding hydrogens is 260 g/mol. The number of carbonyl (C=O) groups excluding carboxylic acids is 2. The van der Waals surface area contributed by atoms with Crippen LogP contribution in [-0.2, 0) is 19.1 Å². The molecule has 0 atom stereocenters. The molecule has 0 aromatic carbocycles. The molecule has 0 saturated carbocycles. The van der Waals surface area contributed by atoms with Crippen molar-refractivity contribution in [2.24, 2.45) is 5.92 Å². The lowest BCUT2D eigenvalue weighted by Crippen LogP contribution is -2.38. The number of hydrogen-bond donors (Lipinski definition) is 2. The van der Waals surface area contributed by atoms with Crippen LogP contribution in [0, 0.1) is 5.92 Å². The Bertz CT molecular complexity index is 280. The first-order valence-corrected chi connectivity index (χ1v) is 7.14. The predicted molar refractivity (Wildman–Crippen MR) is 77.4 cm³/mol. The highest BCUT2D eigenvalue weighted by Crippen LogP contribution is 1.97. The van der Waals surface area contributed by atoms with Gasteiger partial charge in [-0.05, 0) is 19.8 Å². The van der Waals surface area contributed by atoms with Gasteiger partial charge in [0.1, 0.15) is 0 Å². The lowest BCUT2D eigenvalue weighted by molar-refractivity contribution is -0.126. The van der Waals surface area contributed by atoms with E-state index in [2.05, 4.69) is 10.6 Å². The summed E-state index contributed by atoms with van der Waals surface area (Å²) in [5, 5.41) is 5.25. The van der Waals surface area contributed by atoms with Gasteiger partial charge in [0.15, 0.2) is 0 Å². The first kappa shape index (κ1) is 18.9. The number of rotatable bonds is 11. The van der Waals surface area contributed by atoms with Gasteiger partial charge in [-0.2, -0.15) is 0 Å². The van der Waals surface area contributed by atoms with Crippen LogP contribution in [0.15, 0.2) is 0 Å². The molecule has 6 heteroatoms. The lowest BCUT2D eigenvalue weighted by Gasteiger charge is -2.09. The van der Waals surface area contributed by atoms with E-state index in [1.807, 2.05) is 27.7 Å². The van der Waals surface area contributed by atoms with Crippen LogP contribution in [0.2, 0.25) is 0 Å².